The standard InChI is InChI=1S/C19H33N5O2S.HI/c1-14(26-4)18-23-16(13-27-18)12-24(3)19(20-2)22-10-9-21-17(25)11-15-7-5-6-8-15;/h13-15H,5-12H2,1-4H3,(H,20,22)(H,21,25);1H. The van der Waals surface area contributed by atoms with E-state index in [1.54, 1.807) is 25.5 Å². The van der Waals surface area contributed by atoms with E-state index in [2.05, 4.69) is 26.0 Å². The lowest BCUT2D eigenvalue weighted by Crippen LogP contribution is -2.42. The number of guanidine groups is 1. The highest BCUT2D eigenvalue weighted by Gasteiger charge is 2.18. The number of aliphatic imine (C=N–C) groups is 1. The summed E-state index contributed by atoms with van der Waals surface area (Å²) in [5.74, 6) is 1.53. The Kier molecular flexibility index (Phi) is 11.9. The van der Waals surface area contributed by atoms with Crippen molar-refractivity contribution in [2.45, 2.75) is 51.7 Å². The molecule has 160 valence electrons. The fraction of sp³-hybridized carbons (Fsp3) is 0.737. The van der Waals surface area contributed by atoms with Crippen molar-refractivity contribution >= 4 is 47.2 Å². The van der Waals surface area contributed by atoms with Crippen molar-refractivity contribution in [3.05, 3.63) is 16.1 Å². The van der Waals surface area contributed by atoms with E-state index in [1.807, 2.05) is 18.9 Å². The predicted molar refractivity (Wildman–Crippen MR) is 125 cm³/mol. The average molecular weight is 523 g/mol. The fourth-order valence-electron chi connectivity index (χ4n) is 3.31. The molecule has 28 heavy (non-hydrogen) atoms. The molecule has 9 heteroatoms. The summed E-state index contributed by atoms with van der Waals surface area (Å²) in [6, 6.07) is 0. The Morgan fingerprint density at radius 3 is 2.71 bits per heavy atom. The maximum Gasteiger partial charge on any atom is 0.220 e. The van der Waals surface area contributed by atoms with Crippen LogP contribution in [-0.4, -0.2) is 56.0 Å². The van der Waals surface area contributed by atoms with E-state index in [-0.39, 0.29) is 36.0 Å². The average Bonchev–Trinajstić information content (AvgIpc) is 3.33. The molecule has 1 aliphatic rings. The molecule has 0 radical (unpaired) electrons. The van der Waals surface area contributed by atoms with Crippen molar-refractivity contribution in [1.29, 1.82) is 0 Å². The monoisotopic (exact) mass is 523 g/mol. The number of carbonyl (C=O) groups excluding carboxylic acids is 1. The Balaban J connectivity index is 0.00000392. The van der Waals surface area contributed by atoms with Gasteiger partial charge in [0.15, 0.2) is 5.96 Å². The maximum absolute atomic E-state index is 12.0. The summed E-state index contributed by atoms with van der Waals surface area (Å²) < 4.78 is 5.31. The molecule has 1 fully saturated rings. The lowest BCUT2D eigenvalue weighted by Gasteiger charge is -2.21. The molecule has 0 bridgehead atoms. The van der Waals surface area contributed by atoms with Crippen LogP contribution in [0.2, 0.25) is 0 Å². The van der Waals surface area contributed by atoms with Crippen molar-refractivity contribution in [2.75, 3.05) is 34.3 Å². The van der Waals surface area contributed by atoms with Gasteiger partial charge in [-0.05, 0) is 25.7 Å². The molecule has 7 nitrogen and oxygen atoms in total. The van der Waals surface area contributed by atoms with Crippen LogP contribution in [0.4, 0.5) is 0 Å². The molecule has 0 saturated heterocycles. The molecule has 1 aliphatic carbocycles. The lowest BCUT2D eigenvalue weighted by molar-refractivity contribution is -0.121. The van der Waals surface area contributed by atoms with Gasteiger partial charge >= 0.3 is 0 Å². The van der Waals surface area contributed by atoms with Crippen LogP contribution in [0.5, 0.6) is 0 Å². The summed E-state index contributed by atoms with van der Waals surface area (Å²) in [5.41, 5.74) is 0.995. The van der Waals surface area contributed by atoms with Crippen molar-refractivity contribution < 1.29 is 9.53 Å². The number of thiazole rings is 1. The Morgan fingerprint density at radius 1 is 1.39 bits per heavy atom. The highest BCUT2D eigenvalue weighted by Crippen LogP contribution is 2.27. The quantitative estimate of drug-likeness (QED) is 0.225. The zero-order valence-corrected chi connectivity index (χ0v) is 20.5. The van der Waals surface area contributed by atoms with E-state index in [9.17, 15) is 4.79 Å². The third-order valence-corrected chi connectivity index (χ3v) is 5.98. The van der Waals surface area contributed by atoms with Gasteiger partial charge in [-0.15, -0.1) is 35.3 Å². The van der Waals surface area contributed by atoms with E-state index in [1.165, 1.54) is 25.7 Å². The van der Waals surface area contributed by atoms with Gasteiger partial charge in [-0.2, -0.15) is 0 Å². The van der Waals surface area contributed by atoms with Crippen LogP contribution in [0, 0.1) is 5.92 Å². The largest absolute Gasteiger partial charge is 0.375 e. The van der Waals surface area contributed by atoms with Crippen molar-refractivity contribution in [3.8, 4) is 0 Å². The minimum atomic E-state index is 0. The van der Waals surface area contributed by atoms with Crippen LogP contribution in [0.3, 0.4) is 0 Å². The van der Waals surface area contributed by atoms with Crippen LogP contribution in [0.15, 0.2) is 10.4 Å². The molecule has 0 aliphatic heterocycles. The molecule has 0 spiro atoms. The van der Waals surface area contributed by atoms with E-state index >= 15 is 0 Å². The number of hydrogen-bond donors (Lipinski definition) is 2. The first-order valence-corrected chi connectivity index (χ1v) is 10.6. The van der Waals surface area contributed by atoms with E-state index in [4.69, 9.17) is 4.74 Å². The topological polar surface area (TPSA) is 78.9 Å². The minimum Gasteiger partial charge on any atom is -0.375 e. The van der Waals surface area contributed by atoms with Gasteiger partial charge in [0.25, 0.3) is 0 Å². The third kappa shape index (κ3) is 8.20. The van der Waals surface area contributed by atoms with E-state index in [0.29, 0.717) is 32.0 Å². The number of hydrogen-bond acceptors (Lipinski definition) is 5. The zero-order valence-electron chi connectivity index (χ0n) is 17.4. The van der Waals surface area contributed by atoms with Gasteiger partial charge in [-0.3, -0.25) is 9.79 Å². The Labute approximate surface area is 189 Å². The summed E-state index contributed by atoms with van der Waals surface area (Å²) in [5, 5.41) is 9.33. The number of ether oxygens (including phenoxy) is 1. The van der Waals surface area contributed by atoms with E-state index < -0.39 is 0 Å². The molecule has 1 aromatic heterocycles. The van der Waals surface area contributed by atoms with Crippen LogP contribution >= 0.6 is 35.3 Å². The third-order valence-electron chi connectivity index (χ3n) is 4.92. The number of aromatic nitrogens is 1. The summed E-state index contributed by atoms with van der Waals surface area (Å²) in [6.07, 6.45) is 5.62. The highest BCUT2D eigenvalue weighted by molar-refractivity contribution is 14.0. The highest BCUT2D eigenvalue weighted by atomic mass is 127. The van der Waals surface area contributed by atoms with Gasteiger partial charge in [-0.25, -0.2) is 4.98 Å². The number of nitrogens with zero attached hydrogens (tertiary/aromatic N) is 3. The van der Waals surface area contributed by atoms with Gasteiger partial charge in [0, 0.05) is 46.1 Å². The summed E-state index contributed by atoms with van der Waals surface area (Å²) in [7, 11) is 5.43. The smallest absolute Gasteiger partial charge is 0.220 e. The summed E-state index contributed by atoms with van der Waals surface area (Å²) >= 11 is 1.61. The van der Waals surface area contributed by atoms with Crippen molar-refractivity contribution in [3.63, 3.8) is 0 Å². The zero-order chi connectivity index (χ0) is 19.6. The molecule has 1 saturated carbocycles. The molecule has 2 rings (SSSR count). The Bertz CT molecular complexity index is 619. The number of amides is 1. The summed E-state index contributed by atoms with van der Waals surface area (Å²) in [4.78, 5) is 22.9. The number of halogens is 1. The molecule has 1 aromatic rings. The molecule has 1 atom stereocenters. The second-order valence-electron chi connectivity index (χ2n) is 7.09. The van der Waals surface area contributed by atoms with Crippen LogP contribution in [0.1, 0.15) is 55.8 Å². The second-order valence-corrected chi connectivity index (χ2v) is 7.98. The fourth-order valence-corrected chi connectivity index (χ4v) is 4.15. The molecule has 1 unspecified atom stereocenters. The first-order chi connectivity index (χ1) is 13.0. The van der Waals surface area contributed by atoms with Gasteiger partial charge < -0.3 is 20.3 Å². The minimum absolute atomic E-state index is 0. The second kappa shape index (κ2) is 13.3. The molecular formula is C19H34IN5O2S. The van der Waals surface area contributed by atoms with E-state index in [0.717, 1.165) is 16.7 Å². The van der Waals surface area contributed by atoms with Gasteiger partial charge in [0.05, 0.1) is 12.2 Å². The summed E-state index contributed by atoms with van der Waals surface area (Å²) in [6.45, 7) is 3.91. The number of carbonyl (C=O) groups is 1. The van der Waals surface area contributed by atoms with Crippen LogP contribution in [0.25, 0.3) is 0 Å². The Morgan fingerprint density at radius 2 is 2.07 bits per heavy atom. The molecule has 2 N–H and O–H groups in total. The first-order valence-electron chi connectivity index (χ1n) is 9.69. The lowest BCUT2D eigenvalue weighted by atomic mass is 10.0. The number of rotatable bonds is 9. The number of methoxy groups -OCH3 is 1. The Hall–Kier alpha value is -0.940. The van der Waals surface area contributed by atoms with Crippen LogP contribution < -0.4 is 10.6 Å². The van der Waals surface area contributed by atoms with Gasteiger partial charge in [0.2, 0.25) is 5.91 Å². The van der Waals surface area contributed by atoms with Crippen molar-refractivity contribution in [1.82, 2.24) is 20.5 Å². The SMILES string of the molecule is CN=C(NCCNC(=O)CC1CCCC1)N(C)Cc1csc(C(C)OC)n1.I. The molecule has 1 heterocycles. The molecule has 0 aromatic carbocycles. The predicted octanol–water partition coefficient (Wildman–Crippen LogP) is 3.17. The van der Waals surface area contributed by atoms with Crippen molar-refractivity contribution in [2.24, 2.45) is 10.9 Å². The van der Waals surface area contributed by atoms with Crippen LogP contribution in [-0.2, 0) is 16.1 Å². The number of nitrogens with one attached hydrogen (secondary N) is 2. The normalized spacial score (nSPS) is 15.8. The van der Waals surface area contributed by atoms with Gasteiger partial charge in [0.1, 0.15) is 11.1 Å². The van der Waals surface area contributed by atoms with Gasteiger partial charge in [-0.1, -0.05) is 12.8 Å². The molecule has 1 amide bonds. The maximum atomic E-state index is 12.0. The molecular weight excluding hydrogens is 489 g/mol. The first kappa shape index (κ1) is 25.1.